The Balaban J connectivity index is 0.00000121. The Hall–Kier alpha value is -1.85. The van der Waals surface area contributed by atoms with Crippen molar-refractivity contribution >= 4 is 24.8 Å². The molecule has 2 aromatic carbocycles. The standard InChI is InChI=1S/C20H21N3O.2ClH/c1-3-7-16(8-4-1)19-20(17-9-5-2-6-10-17)24-18(22-19)15-23-13-11-21-12-14-23;;/h1-10,21H,11-15H2;2*1H. The zero-order valence-corrected chi connectivity index (χ0v) is 16.1. The molecule has 1 saturated heterocycles. The van der Waals surface area contributed by atoms with Gasteiger partial charge < -0.3 is 9.73 Å². The first-order chi connectivity index (χ1) is 11.9. The van der Waals surface area contributed by atoms with Gasteiger partial charge in [0.25, 0.3) is 0 Å². The third-order valence-corrected chi connectivity index (χ3v) is 4.32. The molecule has 0 radical (unpaired) electrons. The predicted octanol–water partition coefficient (Wildman–Crippen LogP) is 4.26. The molecule has 0 unspecified atom stereocenters. The maximum Gasteiger partial charge on any atom is 0.209 e. The van der Waals surface area contributed by atoms with Crippen molar-refractivity contribution in [2.75, 3.05) is 26.2 Å². The van der Waals surface area contributed by atoms with Crippen LogP contribution in [-0.4, -0.2) is 36.1 Å². The quantitative estimate of drug-likeness (QED) is 0.721. The molecule has 26 heavy (non-hydrogen) atoms. The topological polar surface area (TPSA) is 41.3 Å². The summed E-state index contributed by atoms with van der Waals surface area (Å²) in [6, 6.07) is 20.5. The van der Waals surface area contributed by atoms with E-state index < -0.39 is 0 Å². The summed E-state index contributed by atoms with van der Waals surface area (Å²) < 4.78 is 6.18. The first-order valence-corrected chi connectivity index (χ1v) is 8.44. The number of nitrogens with zero attached hydrogens (tertiary/aromatic N) is 2. The highest BCUT2D eigenvalue weighted by Gasteiger charge is 2.19. The molecule has 138 valence electrons. The van der Waals surface area contributed by atoms with Gasteiger partial charge in [0.2, 0.25) is 5.89 Å². The summed E-state index contributed by atoms with van der Waals surface area (Å²) in [6.07, 6.45) is 0. The van der Waals surface area contributed by atoms with Crippen LogP contribution in [0.1, 0.15) is 5.89 Å². The van der Waals surface area contributed by atoms with Gasteiger partial charge in [0.15, 0.2) is 5.76 Å². The first-order valence-electron chi connectivity index (χ1n) is 8.44. The van der Waals surface area contributed by atoms with Crippen LogP contribution < -0.4 is 5.32 Å². The smallest absolute Gasteiger partial charge is 0.209 e. The van der Waals surface area contributed by atoms with E-state index in [2.05, 4.69) is 34.5 Å². The van der Waals surface area contributed by atoms with Crippen molar-refractivity contribution in [3.8, 4) is 22.6 Å². The van der Waals surface area contributed by atoms with Crippen molar-refractivity contribution in [2.24, 2.45) is 0 Å². The zero-order valence-electron chi connectivity index (χ0n) is 14.4. The highest BCUT2D eigenvalue weighted by atomic mass is 35.5. The van der Waals surface area contributed by atoms with Crippen LogP contribution in [0.5, 0.6) is 0 Å². The van der Waals surface area contributed by atoms with Crippen LogP contribution in [0.25, 0.3) is 22.6 Å². The molecule has 0 atom stereocenters. The van der Waals surface area contributed by atoms with Gasteiger partial charge in [0, 0.05) is 37.3 Å². The number of rotatable bonds is 4. The Morgan fingerprint density at radius 1 is 0.846 bits per heavy atom. The molecule has 0 saturated carbocycles. The summed E-state index contributed by atoms with van der Waals surface area (Å²) in [5.41, 5.74) is 3.08. The van der Waals surface area contributed by atoms with Crippen LogP contribution in [0.4, 0.5) is 0 Å². The third-order valence-electron chi connectivity index (χ3n) is 4.32. The van der Waals surface area contributed by atoms with Crippen molar-refractivity contribution in [3.05, 3.63) is 66.6 Å². The Morgan fingerprint density at radius 3 is 2.04 bits per heavy atom. The second-order valence-electron chi connectivity index (χ2n) is 6.04. The van der Waals surface area contributed by atoms with Crippen LogP contribution in [-0.2, 0) is 6.54 Å². The predicted molar refractivity (Wildman–Crippen MR) is 110 cm³/mol. The lowest BCUT2D eigenvalue weighted by atomic mass is 10.1. The van der Waals surface area contributed by atoms with E-state index in [4.69, 9.17) is 9.40 Å². The first kappa shape index (κ1) is 20.5. The number of benzene rings is 2. The van der Waals surface area contributed by atoms with Gasteiger partial charge in [0.1, 0.15) is 5.69 Å². The second-order valence-corrected chi connectivity index (χ2v) is 6.04. The maximum atomic E-state index is 6.18. The van der Waals surface area contributed by atoms with Crippen LogP contribution in [0.2, 0.25) is 0 Å². The molecule has 0 spiro atoms. The molecule has 4 rings (SSSR count). The van der Waals surface area contributed by atoms with E-state index in [0.717, 1.165) is 61.2 Å². The van der Waals surface area contributed by atoms with Crippen molar-refractivity contribution < 1.29 is 4.42 Å². The number of piperazine rings is 1. The summed E-state index contributed by atoms with van der Waals surface area (Å²) >= 11 is 0. The summed E-state index contributed by atoms with van der Waals surface area (Å²) in [7, 11) is 0. The van der Waals surface area contributed by atoms with E-state index in [-0.39, 0.29) is 24.8 Å². The number of oxazole rings is 1. The summed E-state index contributed by atoms with van der Waals surface area (Å²) in [6.45, 7) is 4.87. The third kappa shape index (κ3) is 4.65. The SMILES string of the molecule is Cl.Cl.c1ccc(-c2nc(CN3CCNCC3)oc2-c2ccccc2)cc1. The van der Waals surface area contributed by atoms with E-state index in [1.165, 1.54) is 0 Å². The Kier molecular flexibility index (Phi) is 7.66. The average molecular weight is 392 g/mol. The maximum absolute atomic E-state index is 6.18. The van der Waals surface area contributed by atoms with E-state index in [9.17, 15) is 0 Å². The molecule has 4 nitrogen and oxygen atoms in total. The van der Waals surface area contributed by atoms with E-state index >= 15 is 0 Å². The lowest BCUT2D eigenvalue weighted by Gasteiger charge is -2.25. The summed E-state index contributed by atoms with van der Waals surface area (Å²) in [5, 5.41) is 3.38. The monoisotopic (exact) mass is 391 g/mol. The molecule has 0 bridgehead atoms. The van der Waals surface area contributed by atoms with E-state index in [0.29, 0.717) is 0 Å². The van der Waals surface area contributed by atoms with Crippen LogP contribution in [0.3, 0.4) is 0 Å². The Morgan fingerprint density at radius 2 is 1.42 bits per heavy atom. The van der Waals surface area contributed by atoms with E-state index in [1.54, 1.807) is 0 Å². The molecule has 1 fully saturated rings. The fourth-order valence-electron chi connectivity index (χ4n) is 3.07. The van der Waals surface area contributed by atoms with Gasteiger partial charge >= 0.3 is 0 Å². The molecular formula is C20H23Cl2N3O. The van der Waals surface area contributed by atoms with Crippen molar-refractivity contribution in [1.82, 2.24) is 15.2 Å². The molecule has 1 N–H and O–H groups in total. The van der Waals surface area contributed by atoms with Gasteiger partial charge in [-0.1, -0.05) is 60.7 Å². The second kappa shape index (κ2) is 9.74. The molecule has 6 heteroatoms. The van der Waals surface area contributed by atoms with Gasteiger partial charge in [-0.2, -0.15) is 0 Å². The molecule has 0 amide bonds. The van der Waals surface area contributed by atoms with Gasteiger partial charge in [-0.05, 0) is 0 Å². The normalized spacial score (nSPS) is 14.3. The molecule has 2 heterocycles. The highest BCUT2D eigenvalue weighted by molar-refractivity contribution is 5.85. The largest absolute Gasteiger partial charge is 0.439 e. The minimum Gasteiger partial charge on any atom is -0.439 e. The Labute approximate surface area is 166 Å². The lowest BCUT2D eigenvalue weighted by Crippen LogP contribution is -2.42. The molecule has 1 aliphatic rings. The Bertz CT molecular complexity index is 730. The van der Waals surface area contributed by atoms with Gasteiger partial charge in [-0.15, -0.1) is 24.8 Å². The average Bonchev–Trinajstić information content (AvgIpc) is 3.08. The molecule has 1 aromatic heterocycles. The number of nitrogens with one attached hydrogen (secondary N) is 1. The fraction of sp³-hybridized carbons (Fsp3) is 0.250. The minimum atomic E-state index is 0. The molecule has 3 aromatic rings. The number of halogens is 2. The minimum absolute atomic E-state index is 0. The van der Waals surface area contributed by atoms with E-state index in [1.807, 2.05) is 36.4 Å². The number of hydrogen-bond acceptors (Lipinski definition) is 4. The fourth-order valence-corrected chi connectivity index (χ4v) is 3.07. The van der Waals surface area contributed by atoms with Crippen LogP contribution in [0.15, 0.2) is 65.1 Å². The zero-order chi connectivity index (χ0) is 16.2. The van der Waals surface area contributed by atoms with Crippen molar-refractivity contribution in [1.29, 1.82) is 0 Å². The van der Waals surface area contributed by atoms with Gasteiger partial charge in [0.05, 0.1) is 6.54 Å². The summed E-state index contributed by atoms with van der Waals surface area (Å²) in [4.78, 5) is 7.20. The molecular weight excluding hydrogens is 369 g/mol. The lowest BCUT2D eigenvalue weighted by molar-refractivity contribution is 0.213. The highest BCUT2D eigenvalue weighted by Crippen LogP contribution is 2.32. The van der Waals surface area contributed by atoms with Crippen molar-refractivity contribution in [2.45, 2.75) is 6.54 Å². The summed E-state index contributed by atoms with van der Waals surface area (Å²) in [5.74, 6) is 1.64. The van der Waals surface area contributed by atoms with Crippen LogP contribution in [0, 0.1) is 0 Å². The molecule has 0 aliphatic carbocycles. The molecule has 1 aliphatic heterocycles. The van der Waals surface area contributed by atoms with Gasteiger partial charge in [-0.25, -0.2) is 4.98 Å². The van der Waals surface area contributed by atoms with Crippen LogP contribution >= 0.6 is 24.8 Å². The number of aromatic nitrogens is 1. The van der Waals surface area contributed by atoms with Gasteiger partial charge in [-0.3, -0.25) is 4.90 Å². The number of hydrogen-bond donors (Lipinski definition) is 1. The van der Waals surface area contributed by atoms with Crippen molar-refractivity contribution in [3.63, 3.8) is 0 Å².